The Hall–Kier alpha value is -1.42. The fourth-order valence-corrected chi connectivity index (χ4v) is 2.83. The smallest absolute Gasteiger partial charge is 0.144 e. The lowest BCUT2D eigenvalue weighted by molar-refractivity contribution is 0.297. The largest absolute Gasteiger partial charge is 0.492 e. The molecule has 0 aromatic heterocycles. The van der Waals surface area contributed by atoms with Crippen molar-refractivity contribution in [2.45, 2.75) is 38.6 Å². The van der Waals surface area contributed by atoms with Gasteiger partial charge < -0.3 is 20.5 Å². The Morgan fingerprint density at radius 3 is 2.74 bits per heavy atom. The molecule has 4 heteroatoms. The fraction of sp³-hybridized carbons (Fsp3) is 0.600. The summed E-state index contributed by atoms with van der Waals surface area (Å²) in [6.07, 6.45) is 4.96. The Bertz CT molecular complexity index is 403. The van der Waals surface area contributed by atoms with Gasteiger partial charge in [-0.1, -0.05) is 12.8 Å². The summed E-state index contributed by atoms with van der Waals surface area (Å²) in [7, 11) is 0. The molecule has 4 nitrogen and oxygen atoms in total. The van der Waals surface area contributed by atoms with E-state index in [1.54, 1.807) is 0 Å². The summed E-state index contributed by atoms with van der Waals surface area (Å²) >= 11 is 0. The lowest BCUT2D eigenvalue weighted by Crippen LogP contribution is -2.35. The molecule has 1 fully saturated rings. The van der Waals surface area contributed by atoms with E-state index in [0.29, 0.717) is 24.9 Å². The third-order valence-corrected chi connectivity index (χ3v) is 3.74. The standard InChI is InChI=1S/C15H24N2O2/c1-2-19-15-11-13(7-8-14(15)16)17(9-10-18)12-5-3-4-6-12/h7-8,11-12,18H,2-6,9-10,16H2,1H3. The van der Waals surface area contributed by atoms with Crippen LogP contribution in [0.3, 0.4) is 0 Å². The fourth-order valence-electron chi connectivity index (χ4n) is 2.83. The van der Waals surface area contributed by atoms with Gasteiger partial charge in [-0.2, -0.15) is 0 Å². The van der Waals surface area contributed by atoms with Crippen molar-refractivity contribution in [1.82, 2.24) is 0 Å². The van der Waals surface area contributed by atoms with Crippen molar-refractivity contribution >= 4 is 11.4 Å². The predicted molar refractivity (Wildman–Crippen MR) is 78.7 cm³/mol. The normalized spacial score (nSPS) is 15.7. The molecule has 1 saturated carbocycles. The third-order valence-electron chi connectivity index (χ3n) is 3.74. The van der Waals surface area contributed by atoms with Crippen molar-refractivity contribution in [2.24, 2.45) is 0 Å². The second-order valence-corrected chi connectivity index (χ2v) is 5.01. The lowest BCUT2D eigenvalue weighted by atomic mass is 10.1. The SMILES string of the molecule is CCOc1cc(N(CCO)C2CCCC2)ccc1N. The molecule has 106 valence electrons. The maximum atomic E-state index is 9.29. The van der Waals surface area contributed by atoms with Crippen LogP contribution in [0.25, 0.3) is 0 Å². The molecule has 1 aromatic carbocycles. The first-order valence-corrected chi connectivity index (χ1v) is 7.16. The zero-order valence-corrected chi connectivity index (χ0v) is 11.6. The maximum Gasteiger partial charge on any atom is 0.144 e. The molecule has 1 aromatic rings. The number of rotatable bonds is 6. The molecule has 0 aliphatic heterocycles. The van der Waals surface area contributed by atoms with E-state index in [2.05, 4.69) is 4.90 Å². The molecule has 2 rings (SSSR count). The molecule has 0 atom stereocenters. The molecule has 0 unspecified atom stereocenters. The van der Waals surface area contributed by atoms with E-state index in [0.717, 1.165) is 11.4 Å². The summed E-state index contributed by atoms with van der Waals surface area (Å²) in [6, 6.07) is 6.43. The van der Waals surface area contributed by atoms with Crippen LogP contribution < -0.4 is 15.4 Å². The first-order chi connectivity index (χ1) is 9.26. The third kappa shape index (κ3) is 3.32. The van der Waals surface area contributed by atoms with Crippen molar-refractivity contribution in [3.63, 3.8) is 0 Å². The topological polar surface area (TPSA) is 58.7 Å². The van der Waals surface area contributed by atoms with Crippen LogP contribution >= 0.6 is 0 Å². The van der Waals surface area contributed by atoms with E-state index in [4.69, 9.17) is 10.5 Å². The van der Waals surface area contributed by atoms with E-state index < -0.39 is 0 Å². The van der Waals surface area contributed by atoms with Crippen LogP contribution in [0.2, 0.25) is 0 Å². The van der Waals surface area contributed by atoms with Gasteiger partial charge in [-0.05, 0) is 31.9 Å². The van der Waals surface area contributed by atoms with Gasteiger partial charge in [-0.25, -0.2) is 0 Å². The molecule has 0 bridgehead atoms. The van der Waals surface area contributed by atoms with Gasteiger partial charge in [-0.3, -0.25) is 0 Å². The Labute approximate surface area is 115 Å². The molecule has 0 radical (unpaired) electrons. The zero-order valence-electron chi connectivity index (χ0n) is 11.6. The van der Waals surface area contributed by atoms with Crippen LogP contribution in [-0.4, -0.2) is 30.9 Å². The highest BCUT2D eigenvalue weighted by Crippen LogP contribution is 2.32. The van der Waals surface area contributed by atoms with Crippen molar-refractivity contribution in [3.05, 3.63) is 18.2 Å². The molecule has 1 aliphatic rings. The summed E-state index contributed by atoms with van der Waals surface area (Å²) < 4.78 is 5.55. The number of hydrogen-bond acceptors (Lipinski definition) is 4. The molecule has 0 spiro atoms. The van der Waals surface area contributed by atoms with Crippen LogP contribution in [0, 0.1) is 0 Å². The quantitative estimate of drug-likeness (QED) is 0.775. The number of anilines is 2. The van der Waals surface area contributed by atoms with Crippen LogP contribution in [0.5, 0.6) is 5.75 Å². The molecule has 19 heavy (non-hydrogen) atoms. The van der Waals surface area contributed by atoms with Crippen molar-refractivity contribution in [3.8, 4) is 5.75 Å². The average molecular weight is 264 g/mol. The van der Waals surface area contributed by atoms with Crippen molar-refractivity contribution < 1.29 is 9.84 Å². The summed E-state index contributed by atoms with van der Waals surface area (Å²) in [5.41, 5.74) is 7.67. The zero-order chi connectivity index (χ0) is 13.7. The summed E-state index contributed by atoms with van der Waals surface area (Å²) in [5, 5.41) is 9.29. The highest BCUT2D eigenvalue weighted by molar-refractivity contribution is 5.62. The molecular weight excluding hydrogens is 240 g/mol. The molecule has 1 aliphatic carbocycles. The number of benzene rings is 1. The Balaban J connectivity index is 2.22. The Morgan fingerprint density at radius 1 is 1.37 bits per heavy atom. The van der Waals surface area contributed by atoms with E-state index in [1.165, 1.54) is 25.7 Å². The van der Waals surface area contributed by atoms with Gasteiger partial charge in [0.05, 0.1) is 18.9 Å². The Morgan fingerprint density at radius 2 is 2.11 bits per heavy atom. The van der Waals surface area contributed by atoms with E-state index >= 15 is 0 Å². The molecule has 0 amide bonds. The summed E-state index contributed by atoms with van der Waals surface area (Å²) in [6.45, 7) is 3.40. The van der Waals surface area contributed by atoms with Crippen molar-refractivity contribution in [2.75, 3.05) is 30.4 Å². The van der Waals surface area contributed by atoms with Crippen LogP contribution in [0.4, 0.5) is 11.4 Å². The van der Waals surface area contributed by atoms with Gasteiger partial charge in [0.1, 0.15) is 5.75 Å². The lowest BCUT2D eigenvalue weighted by Gasteiger charge is -2.31. The van der Waals surface area contributed by atoms with E-state index in [-0.39, 0.29) is 6.61 Å². The van der Waals surface area contributed by atoms with Crippen molar-refractivity contribution in [1.29, 1.82) is 0 Å². The van der Waals surface area contributed by atoms with Gasteiger partial charge in [0.2, 0.25) is 0 Å². The minimum atomic E-state index is 0.171. The predicted octanol–water partition coefficient (Wildman–Crippen LogP) is 2.41. The van der Waals surface area contributed by atoms with E-state index in [1.807, 2.05) is 25.1 Å². The molecule has 0 saturated heterocycles. The minimum Gasteiger partial charge on any atom is -0.492 e. The molecule has 0 heterocycles. The van der Waals surface area contributed by atoms with Gasteiger partial charge >= 0.3 is 0 Å². The number of nitrogens with zero attached hydrogens (tertiary/aromatic N) is 1. The number of aliphatic hydroxyl groups is 1. The first kappa shape index (κ1) is 14.0. The van der Waals surface area contributed by atoms with Crippen LogP contribution in [0.1, 0.15) is 32.6 Å². The first-order valence-electron chi connectivity index (χ1n) is 7.16. The summed E-state index contributed by atoms with van der Waals surface area (Å²) in [4.78, 5) is 2.29. The monoisotopic (exact) mass is 264 g/mol. The van der Waals surface area contributed by atoms with Gasteiger partial charge in [0.15, 0.2) is 0 Å². The van der Waals surface area contributed by atoms with Crippen LogP contribution in [0.15, 0.2) is 18.2 Å². The minimum absolute atomic E-state index is 0.171. The Kier molecular flexibility index (Phi) is 4.91. The maximum absolute atomic E-state index is 9.29. The highest BCUT2D eigenvalue weighted by atomic mass is 16.5. The van der Waals surface area contributed by atoms with Gasteiger partial charge in [0.25, 0.3) is 0 Å². The second-order valence-electron chi connectivity index (χ2n) is 5.01. The van der Waals surface area contributed by atoms with Gasteiger partial charge in [0, 0.05) is 24.3 Å². The number of ether oxygens (including phenoxy) is 1. The summed E-state index contributed by atoms with van der Waals surface area (Å²) in [5.74, 6) is 0.737. The molecular formula is C15H24N2O2. The number of nitrogens with two attached hydrogens (primary N) is 1. The molecule has 3 N–H and O–H groups in total. The second kappa shape index (κ2) is 6.66. The average Bonchev–Trinajstić information content (AvgIpc) is 2.93. The number of nitrogen functional groups attached to an aromatic ring is 1. The number of aliphatic hydroxyl groups excluding tert-OH is 1. The highest BCUT2D eigenvalue weighted by Gasteiger charge is 2.23. The van der Waals surface area contributed by atoms with Crippen LogP contribution in [-0.2, 0) is 0 Å². The van der Waals surface area contributed by atoms with E-state index in [9.17, 15) is 5.11 Å². The number of hydrogen-bond donors (Lipinski definition) is 2. The van der Waals surface area contributed by atoms with Gasteiger partial charge in [-0.15, -0.1) is 0 Å².